The largest absolute Gasteiger partial charge is 0.491 e. The molecule has 6 heteroatoms. The molecule has 0 spiro atoms. The second-order valence-electron chi connectivity index (χ2n) is 7.86. The van der Waals surface area contributed by atoms with Crippen molar-refractivity contribution in [2.24, 2.45) is 0 Å². The number of hydrogen-bond acceptors (Lipinski definition) is 4. The molecule has 1 aliphatic heterocycles. The number of carbonyl (C=O) groups is 2. The van der Waals surface area contributed by atoms with Gasteiger partial charge in [-0.15, -0.1) is 0 Å². The van der Waals surface area contributed by atoms with E-state index in [-0.39, 0.29) is 24.0 Å². The van der Waals surface area contributed by atoms with E-state index in [1.165, 1.54) is 0 Å². The van der Waals surface area contributed by atoms with Gasteiger partial charge in [-0.2, -0.15) is 0 Å². The summed E-state index contributed by atoms with van der Waals surface area (Å²) in [6.45, 7) is 5.23. The Bertz CT molecular complexity index is 849. The van der Waals surface area contributed by atoms with Crippen LogP contribution in [0.25, 0.3) is 0 Å². The number of benzene rings is 2. The maximum atomic E-state index is 12.8. The van der Waals surface area contributed by atoms with Crippen molar-refractivity contribution in [3.8, 4) is 5.75 Å². The van der Waals surface area contributed by atoms with Gasteiger partial charge in [0.25, 0.3) is 0 Å². The minimum Gasteiger partial charge on any atom is -0.491 e. The summed E-state index contributed by atoms with van der Waals surface area (Å²) in [4.78, 5) is 26.0. The van der Waals surface area contributed by atoms with Gasteiger partial charge in [-0.05, 0) is 44.0 Å². The van der Waals surface area contributed by atoms with Crippen LogP contribution in [-0.4, -0.2) is 53.3 Å². The molecule has 1 N–H and O–H groups in total. The van der Waals surface area contributed by atoms with Crippen LogP contribution in [0.1, 0.15) is 36.2 Å². The van der Waals surface area contributed by atoms with Gasteiger partial charge in [0.2, 0.25) is 5.91 Å². The highest BCUT2D eigenvalue weighted by atomic mass is 16.5. The highest BCUT2D eigenvalue weighted by Crippen LogP contribution is 2.23. The molecule has 154 valence electrons. The quantitative estimate of drug-likeness (QED) is 0.775. The van der Waals surface area contributed by atoms with Gasteiger partial charge < -0.3 is 19.5 Å². The van der Waals surface area contributed by atoms with Gasteiger partial charge in [-0.1, -0.05) is 36.4 Å². The van der Waals surface area contributed by atoms with E-state index in [1.54, 1.807) is 29.2 Å². The molecule has 1 amide bonds. The molecule has 1 atom stereocenters. The van der Waals surface area contributed by atoms with Crippen LogP contribution in [0.2, 0.25) is 0 Å². The monoisotopic (exact) mass is 397 g/mol. The first-order chi connectivity index (χ1) is 13.8. The molecule has 1 saturated heterocycles. The number of ether oxygens (including phenoxy) is 2. The Balaban J connectivity index is 1.60. The molecule has 6 nitrogen and oxygen atoms in total. The minimum absolute atomic E-state index is 0.00808. The van der Waals surface area contributed by atoms with Crippen molar-refractivity contribution in [1.82, 2.24) is 4.90 Å². The summed E-state index contributed by atoms with van der Waals surface area (Å²) in [5.41, 5.74) is 0.444. The van der Waals surface area contributed by atoms with Crippen LogP contribution >= 0.6 is 0 Å². The Morgan fingerprint density at radius 1 is 1.14 bits per heavy atom. The summed E-state index contributed by atoms with van der Waals surface area (Å²) >= 11 is 0. The summed E-state index contributed by atoms with van der Waals surface area (Å²) in [5, 5.41) is 9.31. The summed E-state index contributed by atoms with van der Waals surface area (Å²) in [6.07, 6.45) is 0.422. The average Bonchev–Trinajstić information content (AvgIpc) is 2.70. The zero-order valence-electron chi connectivity index (χ0n) is 16.8. The Kier molecular flexibility index (Phi) is 6.54. The lowest BCUT2D eigenvalue weighted by molar-refractivity contribution is -0.165. The molecule has 1 aliphatic rings. The Labute approximate surface area is 171 Å². The summed E-state index contributed by atoms with van der Waals surface area (Å²) < 4.78 is 11.9. The van der Waals surface area contributed by atoms with Crippen molar-refractivity contribution in [3.05, 3.63) is 65.7 Å². The molecule has 0 aromatic heterocycles. The summed E-state index contributed by atoms with van der Waals surface area (Å²) in [5.74, 6) is -0.215. The smallest absolute Gasteiger partial charge is 0.335 e. The fourth-order valence-corrected chi connectivity index (χ4v) is 3.62. The lowest BCUT2D eigenvalue weighted by atomic mass is 10.0. The van der Waals surface area contributed by atoms with E-state index in [4.69, 9.17) is 9.47 Å². The predicted molar refractivity (Wildman–Crippen MR) is 109 cm³/mol. The number of morpholine rings is 1. The average molecular weight is 397 g/mol. The third kappa shape index (κ3) is 5.81. The van der Waals surface area contributed by atoms with E-state index in [0.717, 1.165) is 5.75 Å². The number of para-hydroxylation sites is 1. The van der Waals surface area contributed by atoms with Crippen LogP contribution in [0, 0.1) is 0 Å². The fraction of sp³-hybridized carbons (Fsp3) is 0.391. The van der Waals surface area contributed by atoms with Gasteiger partial charge >= 0.3 is 5.97 Å². The van der Waals surface area contributed by atoms with Gasteiger partial charge in [0.15, 0.2) is 0 Å². The maximum Gasteiger partial charge on any atom is 0.335 e. The van der Waals surface area contributed by atoms with Crippen molar-refractivity contribution in [1.29, 1.82) is 0 Å². The molecular formula is C23H27NO5. The number of hydrogen-bond donors (Lipinski definition) is 1. The van der Waals surface area contributed by atoms with Crippen LogP contribution in [0.5, 0.6) is 5.75 Å². The van der Waals surface area contributed by atoms with E-state index >= 15 is 0 Å². The van der Waals surface area contributed by atoms with E-state index < -0.39 is 11.6 Å². The Morgan fingerprint density at radius 3 is 2.55 bits per heavy atom. The fourth-order valence-electron chi connectivity index (χ4n) is 3.62. The first kappa shape index (κ1) is 20.9. The lowest BCUT2D eigenvalue weighted by Gasteiger charge is -2.42. The van der Waals surface area contributed by atoms with Crippen LogP contribution in [0.3, 0.4) is 0 Å². The second kappa shape index (κ2) is 9.09. The zero-order chi connectivity index (χ0) is 20.9. The highest BCUT2D eigenvalue weighted by molar-refractivity contribution is 5.89. The normalized spacial score (nSPS) is 18.3. The van der Waals surface area contributed by atoms with Crippen LogP contribution in [0.15, 0.2) is 54.6 Å². The third-order valence-electron chi connectivity index (χ3n) is 4.87. The van der Waals surface area contributed by atoms with Gasteiger partial charge in [-0.3, -0.25) is 4.79 Å². The summed E-state index contributed by atoms with van der Waals surface area (Å²) in [7, 11) is 0. The van der Waals surface area contributed by atoms with E-state index in [1.807, 2.05) is 44.2 Å². The van der Waals surface area contributed by atoms with Crippen LogP contribution in [-0.2, 0) is 16.0 Å². The van der Waals surface area contributed by atoms with Gasteiger partial charge in [0, 0.05) is 13.0 Å². The number of carbonyl (C=O) groups excluding carboxylic acids is 1. The summed E-state index contributed by atoms with van der Waals surface area (Å²) in [6, 6.07) is 16.3. The molecule has 0 radical (unpaired) electrons. The molecule has 0 aliphatic carbocycles. The number of carboxylic acids is 1. The highest BCUT2D eigenvalue weighted by Gasteiger charge is 2.35. The zero-order valence-corrected chi connectivity index (χ0v) is 16.8. The number of carboxylic acid groups (broad SMARTS) is 1. The molecule has 3 rings (SSSR count). The molecule has 2 aromatic carbocycles. The molecule has 0 bridgehead atoms. The number of aryl methyl sites for hydroxylation is 1. The first-order valence-corrected chi connectivity index (χ1v) is 9.79. The van der Waals surface area contributed by atoms with E-state index in [0.29, 0.717) is 31.7 Å². The van der Waals surface area contributed by atoms with Crippen molar-refractivity contribution in [3.63, 3.8) is 0 Å². The van der Waals surface area contributed by atoms with Crippen LogP contribution < -0.4 is 4.74 Å². The third-order valence-corrected chi connectivity index (χ3v) is 4.87. The van der Waals surface area contributed by atoms with Crippen molar-refractivity contribution in [2.45, 2.75) is 38.4 Å². The van der Waals surface area contributed by atoms with Crippen molar-refractivity contribution in [2.75, 3.05) is 19.7 Å². The standard InChI is InChI=1S/C23H27NO5/c1-23(2)16-24(14-19(29-23)15-28-18-9-4-3-5-10-18)21(25)13-12-17-8-6-7-11-20(17)22(26)27/h3-11,19H,12-16H2,1-2H3,(H,26,27). The number of rotatable bonds is 7. The van der Waals surface area contributed by atoms with Crippen molar-refractivity contribution < 1.29 is 24.2 Å². The van der Waals surface area contributed by atoms with Crippen molar-refractivity contribution >= 4 is 11.9 Å². The SMILES string of the molecule is CC1(C)CN(C(=O)CCc2ccccc2C(=O)O)CC(COc2ccccc2)O1. The molecule has 2 aromatic rings. The molecule has 0 saturated carbocycles. The van der Waals surface area contributed by atoms with Gasteiger partial charge in [-0.25, -0.2) is 4.79 Å². The number of nitrogens with zero attached hydrogens (tertiary/aromatic N) is 1. The van der Waals surface area contributed by atoms with E-state index in [9.17, 15) is 14.7 Å². The van der Waals surface area contributed by atoms with Crippen LogP contribution in [0.4, 0.5) is 0 Å². The predicted octanol–water partition coefficient (Wildman–Crippen LogP) is 3.40. The Morgan fingerprint density at radius 2 is 1.83 bits per heavy atom. The minimum atomic E-state index is -0.973. The van der Waals surface area contributed by atoms with Gasteiger partial charge in [0.1, 0.15) is 18.5 Å². The second-order valence-corrected chi connectivity index (χ2v) is 7.86. The maximum absolute atomic E-state index is 12.8. The molecule has 1 unspecified atom stereocenters. The first-order valence-electron chi connectivity index (χ1n) is 9.79. The Hall–Kier alpha value is -2.86. The van der Waals surface area contributed by atoms with Gasteiger partial charge in [0.05, 0.1) is 17.7 Å². The number of aromatic carboxylic acids is 1. The van der Waals surface area contributed by atoms with E-state index in [2.05, 4.69) is 0 Å². The topological polar surface area (TPSA) is 76.1 Å². The molecule has 1 heterocycles. The molecule has 1 fully saturated rings. The molecular weight excluding hydrogens is 370 g/mol. The number of amides is 1. The molecule has 29 heavy (non-hydrogen) atoms. The lowest BCUT2D eigenvalue weighted by Crippen LogP contribution is -2.56.